The summed E-state index contributed by atoms with van der Waals surface area (Å²) in [4.78, 5) is 23.5. The van der Waals surface area contributed by atoms with E-state index < -0.39 is 11.9 Å². The minimum atomic E-state index is -0.638. The zero-order valence-corrected chi connectivity index (χ0v) is 9.66. The summed E-state index contributed by atoms with van der Waals surface area (Å²) in [5, 5.41) is 0. The molecule has 0 aromatic heterocycles. The normalized spacial score (nSPS) is 18.4. The molecule has 0 aliphatic heterocycles. The van der Waals surface area contributed by atoms with Crippen LogP contribution >= 0.6 is 0 Å². The lowest BCUT2D eigenvalue weighted by atomic mass is 10.0. The fourth-order valence-corrected chi connectivity index (χ4v) is 2.39. The van der Waals surface area contributed by atoms with Gasteiger partial charge in [0.05, 0.1) is 7.11 Å². The first-order chi connectivity index (χ1) is 7.54. The Kier molecular flexibility index (Phi) is 2.54. The number of carbonyl (C=O) groups excluding carboxylic acids is 2. The largest absolute Gasteiger partial charge is 0.468 e. The Balaban J connectivity index is 2.46. The second-order valence-corrected chi connectivity index (χ2v) is 4.26. The summed E-state index contributed by atoms with van der Waals surface area (Å²) in [6.45, 7) is 3.90. The fourth-order valence-electron chi connectivity index (χ4n) is 2.39. The third-order valence-electron chi connectivity index (χ3n) is 3.03. The number of hydrogen-bond donors (Lipinski definition) is 0. The Morgan fingerprint density at radius 3 is 2.69 bits per heavy atom. The van der Waals surface area contributed by atoms with Crippen molar-refractivity contribution in [2.24, 2.45) is 5.92 Å². The summed E-state index contributed by atoms with van der Waals surface area (Å²) in [5.74, 6) is -1.17. The van der Waals surface area contributed by atoms with Crippen molar-refractivity contribution in [3.63, 3.8) is 0 Å². The van der Waals surface area contributed by atoms with E-state index >= 15 is 0 Å². The van der Waals surface area contributed by atoms with Crippen LogP contribution in [0.4, 0.5) is 0 Å². The summed E-state index contributed by atoms with van der Waals surface area (Å²) in [6, 6.07) is 3.94. The quantitative estimate of drug-likeness (QED) is 0.533. The number of esters is 1. The van der Waals surface area contributed by atoms with Gasteiger partial charge in [0.15, 0.2) is 5.78 Å². The van der Waals surface area contributed by atoms with Gasteiger partial charge in [0.25, 0.3) is 0 Å². The van der Waals surface area contributed by atoms with Crippen molar-refractivity contribution in [2.45, 2.75) is 20.3 Å². The van der Waals surface area contributed by atoms with Gasteiger partial charge >= 0.3 is 5.97 Å². The Hall–Kier alpha value is -1.64. The van der Waals surface area contributed by atoms with Crippen molar-refractivity contribution in [3.8, 4) is 0 Å². The zero-order valence-electron chi connectivity index (χ0n) is 9.66. The van der Waals surface area contributed by atoms with E-state index in [2.05, 4.69) is 4.74 Å². The van der Waals surface area contributed by atoms with Gasteiger partial charge in [-0.1, -0.05) is 17.7 Å². The number of ketones is 1. The van der Waals surface area contributed by atoms with Crippen molar-refractivity contribution in [1.29, 1.82) is 0 Å². The first kappa shape index (κ1) is 10.9. The molecule has 0 saturated heterocycles. The average molecular weight is 218 g/mol. The number of hydrogen-bond acceptors (Lipinski definition) is 3. The maximum atomic E-state index is 12.0. The van der Waals surface area contributed by atoms with Crippen LogP contribution < -0.4 is 0 Å². The van der Waals surface area contributed by atoms with Crippen LogP contribution in [0.25, 0.3) is 0 Å². The molecule has 1 atom stereocenters. The molecule has 0 radical (unpaired) electrons. The Labute approximate surface area is 94.4 Å². The lowest BCUT2D eigenvalue weighted by Gasteiger charge is -2.04. The number of methoxy groups -OCH3 is 1. The molecule has 0 bridgehead atoms. The number of carbonyl (C=O) groups is 2. The van der Waals surface area contributed by atoms with Gasteiger partial charge in [0.2, 0.25) is 0 Å². The van der Waals surface area contributed by atoms with E-state index in [-0.39, 0.29) is 5.78 Å². The van der Waals surface area contributed by atoms with E-state index in [1.807, 2.05) is 26.0 Å². The second-order valence-electron chi connectivity index (χ2n) is 4.26. The third kappa shape index (κ3) is 1.52. The van der Waals surface area contributed by atoms with Gasteiger partial charge in [0.1, 0.15) is 5.92 Å². The Morgan fingerprint density at radius 2 is 2.06 bits per heavy atom. The molecular weight excluding hydrogens is 204 g/mol. The maximum Gasteiger partial charge on any atom is 0.316 e. The molecule has 0 fully saturated rings. The van der Waals surface area contributed by atoms with Crippen LogP contribution in [0.1, 0.15) is 27.0 Å². The highest BCUT2D eigenvalue weighted by Gasteiger charge is 2.37. The van der Waals surface area contributed by atoms with Crippen molar-refractivity contribution in [3.05, 3.63) is 34.4 Å². The highest BCUT2D eigenvalue weighted by Crippen LogP contribution is 2.30. The number of aryl methyl sites for hydroxylation is 2. The molecule has 1 unspecified atom stereocenters. The van der Waals surface area contributed by atoms with Crippen LogP contribution in [-0.4, -0.2) is 18.9 Å². The highest BCUT2D eigenvalue weighted by atomic mass is 16.5. The van der Waals surface area contributed by atoms with Crippen LogP contribution in [0.3, 0.4) is 0 Å². The zero-order chi connectivity index (χ0) is 11.9. The molecule has 0 spiro atoms. The SMILES string of the molecule is COC(=O)C1Cc2cc(C)cc(C)c2C1=O. The molecule has 0 N–H and O–H groups in total. The molecule has 0 amide bonds. The lowest BCUT2D eigenvalue weighted by Crippen LogP contribution is -2.22. The summed E-state index contributed by atoms with van der Waals surface area (Å²) in [7, 11) is 1.32. The van der Waals surface area contributed by atoms with Crippen molar-refractivity contribution < 1.29 is 14.3 Å². The van der Waals surface area contributed by atoms with E-state index in [1.54, 1.807) is 0 Å². The highest BCUT2D eigenvalue weighted by molar-refractivity contribution is 6.13. The van der Waals surface area contributed by atoms with Gasteiger partial charge < -0.3 is 4.74 Å². The molecule has 1 aliphatic rings. The van der Waals surface area contributed by atoms with Gasteiger partial charge in [0, 0.05) is 5.56 Å². The summed E-state index contributed by atoms with van der Waals surface area (Å²) in [5.41, 5.74) is 3.75. The molecule has 0 saturated carbocycles. The summed E-state index contributed by atoms with van der Waals surface area (Å²) < 4.78 is 4.65. The first-order valence-corrected chi connectivity index (χ1v) is 5.26. The molecule has 0 heterocycles. The standard InChI is InChI=1S/C13H14O3/c1-7-4-8(2)11-9(5-7)6-10(12(11)14)13(15)16-3/h4-5,10H,6H2,1-3H3. The number of ether oxygens (including phenoxy) is 1. The van der Waals surface area contributed by atoms with Crippen molar-refractivity contribution >= 4 is 11.8 Å². The van der Waals surface area contributed by atoms with Crippen LogP contribution in [0.5, 0.6) is 0 Å². The number of rotatable bonds is 1. The minimum Gasteiger partial charge on any atom is -0.468 e. The Morgan fingerprint density at radius 1 is 1.38 bits per heavy atom. The predicted molar refractivity (Wildman–Crippen MR) is 59.5 cm³/mol. The fraction of sp³-hybridized carbons (Fsp3) is 0.385. The van der Waals surface area contributed by atoms with Crippen LogP contribution in [0, 0.1) is 19.8 Å². The molecule has 1 aromatic rings. The number of benzene rings is 1. The van der Waals surface area contributed by atoms with E-state index in [0.717, 1.165) is 16.7 Å². The van der Waals surface area contributed by atoms with Crippen LogP contribution in [0.2, 0.25) is 0 Å². The van der Waals surface area contributed by atoms with E-state index in [1.165, 1.54) is 7.11 Å². The van der Waals surface area contributed by atoms with Crippen LogP contribution in [-0.2, 0) is 16.0 Å². The molecule has 3 nitrogen and oxygen atoms in total. The van der Waals surface area contributed by atoms with Gasteiger partial charge in [-0.05, 0) is 31.4 Å². The molecule has 3 heteroatoms. The minimum absolute atomic E-state index is 0.0978. The van der Waals surface area contributed by atoms with Crippen molar-refractivity contribution in [1.82, 2.24) is 0 Å². The molecule has 1 aliphatic carbocycles. The first-order valence-electron chi connectivity index (χ1n) is 5.26. The monoisotopic (exact) mass is 218 g/mol. The molecule has 84 valence electrons. The van der Waals surface area contributed by atoms with E-state index in [9.17, 15) is 9.59 Å². The molecular formula is C13H14O3. The molecule has 1 aromatic carbocycles. The smallest absolute Gasteiger partial charge is 0.316 e. The van der Waals surface area contributed by atoms with E-state index in [4.69, 9.17) is 0 Å². The Bertz CT molecular complexity index is 474. The van der Waals surface area contributed by atoms with Gasteiger partial charge in [-0.15, -0.1) is 0 Å². The van der Waals surface area contributed by atoms with Gasteiger partial charge in [-0.2, -0.15) is 0 Å². The number of Topliss-reactive ketones (excluding diaryl/α,β-unsaturated/α-hetero) is 1. The second kappa shape index (κ2) is 3.74. The van der Waals surface area contributed by atoms with E-state index in [0.29, 0.717) is 12.0 Å². The van der Waals surface area contributed by atoms with Crippen LogP contribution in [0.15, 0.2) is 12.1 Å². The lowest BCUT2D eigenvalue weighted by molar-refractivity contribution is -0.143. The van der Waals surface area contributed by atoms with Gasteiger partial charge in [-0.25, -0.2) is 0 Å². The summed E-state index contributed by atoms with van der Waals surface area (Å²) >= 11 is 0. The number of fused-ring (bicyclic) bond motifs is 1. The predicted octanol–water partition coefficient (Wildman–Crippen LogP) is 1.83. The molecule has 2 rings (SSSR count). The van der Waals surface area contributed by atoms with Crippen molar-refractivity contribution in [2.75, 3.05) is 7.11 Å². The summed E-state index contributed by atoms with van der Waals surface area (Å²) in [6.07, 6.45) is 0.476. The molecule has 16 heavy (non-hydrogen) atoms. The maximum absolute atomic E-state index is 12.0. The van der Waals surface area contributed by atoms with Gasteiger partial charge in [-0.3, -0.25) is 9.59 Å². The topological polar surface area (TPSA) is 43.4 Å². The third-order valence-corrected chi connectivity index (χ3v) is 3.03. The average Bonchev–Trinajstić information content (AvgIpc) is 2.54.